The lowest BCUT2D eigenvalue weighted by Gasteiger charge is -2.09. The molecule has 0 unspecified atom stereocenters. The van der Waals surface area contributed by atoms with Gasteiger partial charge in [0.2, 0.25) is 0 Å². The predicted molar refractivity (Wildman–Crippen MR) is 72.2 cm³/mol. The van der Waals surface area contributed by atoms with Gasteiger partial charge in [0, 0.05) is 5.02 Å². The highest BCUT2D eigenvalue weighted by Crippen LogP contribution is 2.36. The molecular formula is C11H8Cl3N3O. The van der Waals surface area contributed by atoms with Crippen LogP contribution < -0.4 is 10.5 Å². The first-order valence-electron chi connectivity index (χ1n) is 4.90. The van der Waals surface area contributed by atoms with E-state index in [1.165, 1.54) is 12.4 Å². The Morgan fingerprint density at radius 2 is 1.72 bits per heavy atom. The zero-order chi connectivity index (χ0) is 13.1. The van der Waals surface area contributed by atoms with Crippen molar-refractivity contribution in [3.8, 4) is 5.75 Å². The van der Waals surface area contributed by atoms with E-state index in [-0.39, 0.29) is 6.61 Å². The molecule has 1 heterocycles. The van der Waals surface area contributed by atoms with Crippen LogP contribution in [0.4, 0.5) is 5.82 Å². The van der Waals surface area contributed by atoms with E-state index in [0.29, 0.717) is 32.3 Å². The lowest BCUT2D eigenvalue weighted by Crippen LogP contribution is -2.01. The Morgan fingerprint density at radius 1 is 1.06 bits per heavy atom. The topological polar surface area (TPSA) is 61.0 Å². The minimum Gasteiger partial charge on any atom is -0.484 e. The largest absolute Gasteiger partial charge is 0.484 e. The summed E-state index contributed by atoms with van der Waals surface area (Å²) in [5.41, 5.74) is 6.04. The van der Waals surface area contributed by atoms with Crippen molar-refractivity contribution in [2.75, 3.05) is 5.73 Å². The Balaban J connectivity index is 2.13. The molecule has 0 aliphatic carbocycles. The molecule has 0 radical (unpaired) electrons. The quantitative estimate of drug-likeness (QED) is 0.941. The van der Waals surface area contributed by atoms with Gasteiger partial charge in [0.15, 0.2) is 5.75 Å². The van der Waals surface area contributed by atoms with Crippen molar-refractivity contribution in [1.82, 2.24) is 9.97 Å². The number of rotatable bonds is 3. The predicted octanol–water partition coefficient (Wildman–Crippen LogP) is 3.60. The molecule has 94 valence electrons. The van der Waals surface area contributed by atoms with Crippen molar-refractivity contribution in [2.45, 2.75) is 6.61 Å². The molecule has 0 aliphatic rings. The van der Waals surface area contributed by atoms with E-state index < -0.39 is 0 Å². The minimum atomic E-state index is 0.189. The molecule has 0 atom stereocenters. The monoisotopic (exact) mass is 303 g/mol. The smallest absolute Gasteiger partial charge is 0.157 e. The molecule has 2 rings (SSSR count). The minimum absolute atomic E-state index is 0.189. The molecule has 0 amide bonds. The SMILES string of the molecule is Nc1cnc(COc2c(Cl)cc(Cl)cc2Cl)cn1. The van der Waals surface area contributed by atoms with Gasteiger partial charge in [0.25, 0.3) is 0 Å². The highest BCUT2D eigenvalue weighted by molar-refractivity contribution is 6.40. The molecule has 1 aromatic carbocycles. The van der Waals surface area contributed by atoms with E-state index in [1.807, 2.05) is 0 Å². The summed E-state index contributed by atoms with van der Waals surface area (Å²) in [6.07, 6.45) is 2.97. The number of hydrogen-bond donors (Lipinski definition) is 1. The summed E-state index contributed by atoms with van der Waals surface area (Å²) in [5.74, 6) is 0.711. The van der Waals surface area contributed by atoms with E-state index in [2.05, 4.69) is 9.97 Å². The Bertz CT molecular complexity index is 537. The normalized spacial score (nSPS) is 10.4. The van der Waals surface area contributed by atoms with Crippen molar-refractivity contribution < 1.29 is 4.74 Å². The fourth-order valence-electron chi connectivity index (χ4n) is 1.25. The molecule has 0 bridgehead atoms. The number of ether oxygens (including phenoxy) is 1. The van der Waals surface area contributed by atoms with Gasteiger partial charge in [-0.15, -0.1) is 0 Å². The maximum absolute atomic E-state index is 5.98. The van der Waals surface area contributed by atoms with Crippen LogP contribution in [0.1, 0.15) is 5.69 Å². The molecule has 4 nitrogen and oxygen atoms in total. The van der Waals surface area contributed by atoms with Crippen molar-refractivity contribution in [3.63, 3.8) is 0 Å². The van der Waals surface area contributed by atoms with E-state index >= 15 is 0 Å². The third-order valence-electron chi connectivity index (χ3n) is 2.05. The molecule has 18 heavy (non-hydrogen) atoms. The summed E-state index contributed by atoms with van der Waals surface area (Å²) in [4.78, 5) is 7.94. The summed E-state index contributed by atoms with van der Waals surface area (Å²) in [5, 5.41) is 1.14. The van der Waals surface area contributed by atoms with Crippen LogP contribution in [0.15, 0.2) is 24.5 Å². The second-order valence-electron chi connectivity index (χ2n) is 3.42. The summed E-state index contributed by atoms with van der Waals surface area (Å²) < 4.78 is 5.48. The molecule has 0 spiro atoms. The van der Waals surface area contributed by atoms with Crippen LogP contribution in [0.25, 0.3) is 0 Å². The standard InChI is InChI=1S/C11H8Cl3N3O/c12-6-1-8(13)11(9(14)2-6)18-5-7-3-17-10(15)4-16-7/h1-4H,5H2,(H2,15,17). The van der Waals surface area contributed by atoms with Crippen LogP contribution in [-0.4, -0.2) is 9.97 Å². The van der Waals surface area contributed by atoms with Gasteiger partial charge < -0.3 is 10.5 Å². The first-order chi connectivity index (χ1) is 8.56. The number of halogens is 3. The Hall–Kier alpha value is -1.23. The van der Waals surface area contributed by atoms with Crippen LogP contribution >= 0.6 is 34.8 Å². The number of benzene rings is 1. The Labute approximate surface area is 119 Å². The number of nitrogen functional groups attached to an aromatic ring is 1. The van der Waals surface area contributed by atoms with E-state index in [1.54, 1.807) is 12.1 Å². The van der Waals surface area contributed by atoms with Gasteiger partial charge in [-0.25, -0.2) is 4.98 Å². The summed E-state index contributed by atoms with van der Waals surface area (Å²) >= 11 is 17.7. The molecule has 0 aliphatic heterocycles. The van der Waals surface area contributed by atoms with Gasteiger partial charge in [-0.3, -0.25) is 4.98 Å². The lowest BCUT2D eigenvalue weighted by molar-refractivity contribution is 0.301. The average Bonchev–Trinajstić information content (AvgIpc) is 2.30. The maximum Gasteiger partial charge on any atom is 0.157 e. The molecule has 1 aromatic heterocycles. The second-order valence-corrected chi connectivity index (χ2v) is 4.67. The summed E-state index contributed by atoms with van der Waals surface area (Å²) in [6.45, 7) is 0.189. The number of anilines is 1. The molecule has 0 saturated carbocycles. The Morgan fingerprint density at radius 3 is 2.28 bits per heavy atom. The van der Waals surface area contributed by atoms with Crippen molar-refractivity contribution in [3.05, 3.63) is 45.3 Å². The fourth-order valence-corrected chi connectivity index (χ4v) is 2.18. The summed E-state index contributed by atoms with van der Waals surface area (Å²) in [6, 6.07) is 3.11. The van der Waals surface area contributed by atoms with Crippen molar-refractivity contribution in [2.24, 2.45) is 0 Å². The zero-order valence-electron chi connectivity index (χ0n) is 9.03. The average molecular weight is 305 g/mol. The molecule has 7 heteroatoms. The van der Waals surface area contributed by atoms with Gasteiger partial charge in [0.1, 0.15) is 12.4 Å². The van der Waals surface area contributed by atoms with Crippen molar-refractivity contribution in [1.29, 1.82) is 0 Å². The highest BCUT2D eigenvalue weighted by atomic mass is 35.5. The van der Waals surface area contributed by atoms with Crippen LogP contribution in [0.2, 0.25) is 15.1 Å². The molecule has 0 saturated heterocycles. The first-order valence-corrected chi connectivity index (χ1v) is 6.03. The highest BCUT2D eigenvalue weighted by Gasteiger charge is 2.09. The fraction of sp³-hybridized carbons (Fsp3) is 0.0909. The third kappa shape index (κ3) is 3.16. The Kier molecular flexibility index (Phi) is 4.11. The van der Waals surface area contributed by atoms with E-state index in [4.69, 9.17) is 45.3 Å². The number of hydrogen-bond acceptors (Lipinski definition) is 4. The van der Waals surface area contributed by atoms with Crippen LogP contribution in [-0.2, 0) is 6.61 Å². The molecule has 0 fully saturated rings. The molecule has 2 aromatic rings. The van der Waals surface area contributed by atoms with E-state index in [0.717, 1.165) is 0 Å². The second kappa shape index (κ2) is 5.61. The maximum atomic E-state index is 5.98. The zero-order valence-corrected chi connectivity index (χ0v) is 11.3. The molecular weight excluding hydrogens is 296 g/mol. The number of nitrogens with zero attached hydrogens (tertiary/aromatic N) is 2. The number of nitrogens with two attached hydrogens (primary N) is 1. The van der Waals surface area contributed by atoms with Gasteiger partial charge in [-0.1, -0.05) is 34.8 Å². The van der Waals surface area contributed by atoms with Gasteiger partial charge in [0.05, 0.1) is 28.1 Å². The lowest BCUT2D eigenvalue weighted by atomic mass is 10.3. The third-order valence-corrected chi connectivity index (χ3v) is 2.83. The summed E-state index contributed by atoms with van der Waals surface area (Å²) in [7, 11) is 0. The van der Waals surface area contributed by atoms with Crippen LogP contribution in [0.5, 0.6) is 5.75 Å². The van der Waals surface area contributed by atoms with Crippen LogP contribution in [0, 0.1) is 0 Å². The number of aromatic nitrogens is 2. The molecule has 2 N–H and O–H groups in total. The van der Waals surface area contributed by atoms with E-state index in [9.17, 15) is 0 Å². The first kappa shape index (κ1) is 13.2. The van der Waals surface area contributed by atoms with Gasteiger partial charge >= 0.3 is 0 Å². The van der Waals surface area contributed by atoms with Gasteiger partial charge in [-0.05, 0) is 12.1 Å². The van der Waals surface area contributed by atoms with Gasteiger partial charge in [-0.2, -0.15) is 0 Å². The van der Waals surface area contributed by atoms with Crippen molar-refractivity contribution >= 4 is 40.6 Å². The van der Waals surface area contributed by atoms with Crippen LogP contribution in [0.3, 0.4) is 0 Å².